The molecule has 8 nitrogen and oxygen atoms in total. The lowest BCUT2D eigenvalue weighted by Crippen LogP contribution is -2.43. The molecular formula is C24H29FN2O6S. The average molecular weight is 493 g/mol. The van der Waals surface area contributed by atoms with Crippen LogP contribution >= 0.6 is 0 Å². The minimum Gasteiger partial charge on any atom is -0.457 e. The number of benzene rings is 2. The largest absolute Gasteiger partial charge is 0.457 e. The Bertz CT molecular complexity index is 1070. The van der Waals surface area contributed by atoms with Crippen LogP contribution in [-0.4, -0.2) is 46.1 Å². The molecule has 2 aliphatic rings. The van der Waals surface area contributed by atoms with Gasteiger partial charge in [-0.3, -0.25) is 4.79 Å². The van der Waals surface area contributed by atoms with E-state index in [2.05, 4.69) is 10.8 Å². The van der Waals surface area contributed by atoms with E-state index in [0.29, 0.717) is 43.2 Å². The number of ether oxygens (including phenoxy) is 2. The first-order chi connectivity index (χ1) is 16.4. The maximum atomic E-state index is 13.4. The Kier molecular flexibility index (Phi) is 7.82. The zero-order chi connectivity index (χ0) is 24.0. The molecule has 0 bridgehead atoms. The van der Waals surface area contributed by atoms with Gasteiger partial charge in [0.2, 0.25) is 5.91 Å². The Morgan fingerprint density at radius 2 is 1.79 bits per heavy atom. The third-order valence-corrected chi connectivity index (χ3v) is 8.68. The van der Waals surface area contributed by atoms with E-state index in [1.807, 2.05) is 0 Å². The van der Waals surface area contributed by atoms with Crippen LogP contribution in [0.3, 0.4) is 0 Å². The number of sulfone groups is 1. The summed E-state index contributed by atoms with van der Waals surface area (Å²) >= 11 is 0. The second-order valence-electron chi connectivity index (χ2n) is 8.51. The highest BCUT2D eigenvalue weighted by atomic mass is 32.2. The van der Waals surface area contributed by atoms with E-state index in [0.717, 1.165) is 12.8 Å². The molecule has 2 unspecified atom stereocenters. The van der Waals surface area contributed by atoms with Crippen LogP contribution in [0.5, 0.6) is 11.5 Å². The van der Waals surface area contributed by atoms with Gasteiger partial charge in [-0.05, 0) is 67.8 Å². The summed E-state index contributed by atoms with van der Waals surface area (Å²) in [5.41, 5.74) is 2.90. The zero-order valence-corrected chi connectivity index (χ0v) is 19.6. The van der Waals surface area contributed by atoms with Crippen LogP contribution in [0.15, 0.2) is 48.5 Å². The summed E-state index contributed by atoms with van der Waals surface area (Å²) in [6.07, 6.45) is 2.00. The molecule has 2 aromatic carbocycles. The van der Waals surface area contributed by atoms with Crippen molar-refractivity contribution in [2.24, 2.45) is 0 Å². The minimum atomic E-state index is -3.68. The fourth-order valence-electron chi connectivity index (χ4n) is 4.29. The highest BCUT2D eigenvalue weighted by Crippen LogP contribution is 2.40. The number of rotatable bonds is 7. The topological polar surface area (TPSA) is 103 Å². The summed E-state index contributed by atoms with van der Waals surface area (Å²) in [5.74, 6) is -0.0466. The fourth-order valence-corrected chi connectivity index (χ4v) is 6.36. The van der Waals surface area contributed by atoms with Crippen molar-refractivity contribution in [1.29, 1.82) is 0 Å². The van der Waals surface area contributed by atoms with Crippen LogP contribution in [0, 0.1) is 5.82 Å². The Morgan fingerprint density at radius 1 is 1.09 bits per heavy atom. The van der Waals surface area contributed by atoms with Gasteiger partial charge in [0.1, 0.15) is 22.1 Å². The molecular weight excluding hydrogens is 463 g/mol. The van der Waals surface area contributed by atoms with Crippen LogP contribution in [0.2, 0.25) is 0 Å². The molecule has 0 spiro atoms. The van der Waals surface area contributed by atoms with Crippen molar-refractivity contribution < 1.29 is 31.9 Å². The van der Waals surface area contributed by atoms with Gasteiger partial charge < -0.3 is 14.8 Å². The molecule has 2 fully saturated rings. The predicted molar refractivity (Wildman–Crippen MR) is 123 cm³/mol. The zero-order valence-electron chi connectivity index (χ0n) is 18.8. The standard InChI is InChI=1S/C24H29FN2O6S/c25-19-6-10-21(11-7-19)32-20-8-4-18(5-9-20)24(12-13-26-14-16-34(24,29)30)17-22(28)27-33-23-3-1-2-15-31-23/h4-11,23,26H,1-3,12-17H2,(H,27,28). The van der Waals surface area contributed by atoms with Gasteiger partial charge in [-0.15, -0.1) is 0 Å². The van der Waals surface area contributed by atoms with Gasteiger partial charge in [0.15, 0.2) is 16.1 Å². The molecule has 184 valence electrons. The molecule has 34 heavy (non-hydrogen) atoms. The van der Waals surface area contributed by atoms with E-state index in [-0.39, 0.29) is 24.4 Å². The van der Waals surface area contributed by atoms with Crippen molar-refractivity contribution in [2.45, 2.75) is 43.1 Å². The molecule has 4 rings (SSSR count). The summed E-state index contributed by atoms with van der Waals surface area (Å²) in [5, 5.41) is 3.12. The average Bonchev–Trinajstić information content (AvgIpc) is 2.98. The molecule has 2 aromatic rings. The molecule has 2 atom stereocenters. The summed E-state index contributed by atoms with van der Waals surface area (Å²) in [6, 6.07) is 12.2. The van der Waals surface area contributed by atoms with Crippen molar-refractivity contribution >= 4 is 15.7 Å². The van der Waals surface area contributed by atoms with Crippen LogP contribution in [0.25, 0.3) is 0 Å². The summed E-state index contributed by atoms with van der Waals surface area (Å²) in [4.78, 5) is 18.2. The van der Waals surface area contributed by atoms with E-state index in [1.54, 1.807) is 24.3 Å². The van der Waals surface area contributed by atoms with Gasteiger partial charge in [-0.1, -0.05) is 12.1 Å². The monoisotopic (exact) mass is 492 g/mol. The second kappa shape index (κ2) is 10.8. The summed E-state index contributed by atoms with van der Waals surface area (Å²) in [7, 11) is -3.68. The maximum Gasteiger partial charge on any atom is 0.245 e. The summed E-state index contributed by atoms with van der Waals surface area (Å²) in [6.45, 7) is 1.34. The van der Waals surface area contributed by atoms with Crippen molar-refractivity contribution in [2.75, 3.05) is 25.4 Å². The molecule has 10 heteroatoms. The van der Waals surface area contributed by atoms with E-state index in [1.165, 1.54) is 24.3 Å². The maximum absolute atomic E-state index is 13.4. The molecule has 1 amide bonds. The van der Waals surface area contributed by atoms with Gasteiger partial charge >= 0.3 is 0 Å². The van der Waals surface area contributed by atoms with Gasteiger partial charge in [0, 0.05) is 19.6 Å². The van der Waals surface area contributed by atoms with Crippen LogP contribution in [0.1, 0.15) is 37.7 Å². The fraction of sp³-hybridized carbons (Fsp3) is 0.458. The van der Waals surface area contributed by atoms with E-state index >= 15 is 0 Å². The predicted octanol–water partition coefficient (Wildman–Crippen LogP) is 3.19. The number of nitrogens with one attached hydrogen (secondary N) is 2. The van der Waals surface area contributed by atoms with Gasteiger partial charge in [-0.2, -0.15) is 0 Å². The first-order valence-corrected chi connectivity index (χ1v) is 13.1. The Hall–Kier alpha value is -2.53. The minimum absolute atomic E-state index is 0.0826. The van der Waals surface area contributed by atoms with Gasteiger partial charge in [0.25, 0.3) is 0 Å². The molecule has 2 heterocycles. The van der Waals surface area contributed by atoms with Gasteiger partial charge in [0.05, 0.1) is 12.2 Å². The third kappa shape index (κ3) is 5.75. The lowest BCUT2D eigenvalue weighted by molar-refractivity contribution is -0.200. The molecule has 0 aliphatic carbocycles. The molecule has 2 saturated heterocycles. The second-order valence-corrected chi connectivity index (χ2v) is 10.9. The number of hydrogen-bond donors (Lipinski definition) is 2. The number of carbonyl (C=O) groups is 1. The number of halogens is 1. The Morgan fingerprint density at radius 3 is 2.47 bits per heavy atom. The Labute approximate surface area is 198 Å². The van der Waals surface area contributed by atoms with Crippen molar-refractivity contribution in [3.05, 3.63) is 59.9 Å². The highest BCUT2D eigenvalue weighted by Gasteiger charge is 2.47. The normalized spacial score (nSPS) is 24.7. The molecule has 0 saturated carbocycles. The quantitative estimate of drug-likeness (QED) is 0.572. The number of hydroxylamine groups is 1. The number of carbonyl (C=O) groups excluding carboxylic acids is 1. The van der Waals surface area contributed by atoms with Crippen LogP contribution in [0.4, 0.5) is 4.39 Å². The lowest BCUT2D eigenvalue weighted by atomic mass is 9.90. The number of amides is 1. The van der Waals surface area contributed by atoms with Crippen LogP contribution in [-0.2, 0) is 29.0 Å². The Balaban J connectivity index is 1.54. The first kappa shape index (κ1) is 24.6. The van der Waals surface area contributed by atoms with Crippen molar-refractivity contribution in [1.82, 2.24) is 10.8 Å². The summed E-state index contributed by atoms with van der Waals surface area (Å²) < 4.78 is 49.8. The highest BCUT2D eigenvalue weighted by molar-refractivity contribution is 7.92. The number of hydrogen-bond acceptors (Lipinski definition) is 7. The van der Waals surface area contributed by atoms with Crippen molar-refractivity contribution in [3.8, 4) is 11.5 Å². The third-order valence-electron chi connectivity index (χ3n) is 6.17. The van der Waals surface area contributed by atoms with E-state index < -0.39 is 26.8 Å². The lowest BCUT2D eigenvalue weighted by Gasteiger charge is -2.32. The molecule has 0 aromatic heterocycles. The molecule has 2 aliphatic heterocycles. The SMILES string of the molecule is O=C(CC1(c2ccc(Oc3ccc(F)cc3)cc2)CCNCCS1(=O)=O)NOC1CCCCO1. The first-order valence-electron chi connectivity index (χ1n) is 11.4. The van der Waals surface area contributed by atoms with E-state index in [4.69, 9.17) is 14.3 Å². The van der Waals surface area contributed by atoms with E-state index in [9.17, 15) is 17.6 Å². The molecule has 2 N–H and O–H groups in total. The smallest absolute Gasteiger partial charge is 0.245 e. The van der Waals surface area contributed by atoms with Crippen LogP contribution < -0.4 is 15.5 Å². The van der Waals surface area contributed by atoms with Crippen molar-refractivity contribution in [3.63, 3.8) is 0 Å². The van der Waals surface area contributed by atoms with Gasteiger partial charge in [-0.25, -0.2) is 23.1 Å². The molecule has 0 radical (unpaired) electrons.